The van der Waals surface area contributed by atoms with Gasteiger partial charge in [-0.05, 0) is 107 Å². The molecule has 1 aliphatic rings. The number of thioether (sulfide) groups is 1. The van der Waals surface area contributed by atoms with E-state index >= 15 is 0 Å². The van der Waals surface area contributed by atoms with E-state index in [9.17, 15) is 24.0 Å². The number of benzene rings is 3. The van der Waals surface area contributed by atoms with Crippen LogP contribution in [0.15, 0.2) is 89.5 Å². The lowest BCUT2D eigenvalue weighted by Crippen LogP contribution is -2.39. The number of nitrogens with one attached hydrogen (secondary N) is 3. The number of thiophene rings is 1. The molecule has 1 aromatic heterocycles. The first-order valence-corrected chi connectivity index (χ1v) is 20.5. The zero-order valence-corrected chi connectivity index (χ0v) is 34.6. The van der Waals surface area contributed by atoms with Crippen LogP contribution in [0.1, 0.15) is 84.7 Å². The predicted molar refractivity (Wildman–Crippen MR) is 224 cm³/mol. The van der Waals surface area contributed by atoms with Crippen molar-refractivity contribution in [3.05, 3.63) is 112 Å². The lowest BCUT2D eigenvalue weighted by atomic mass is 10.0. The molecule has 4 amide bonds. The molecule has 3 aromatic carbocycles. The Hall–Kier alpha value is -5.60. The van der Waals surface area contributed by atoms with Crippen molar-refractivity contribution < 1.29 is 38.2 Å². The molecule has 14 heteroatoms. The number of nitrogens with zero attached hydrogens (tertiary/aromatic N) is 1. The predicted octanol–water partition coefficient (Wildman–Crippen LogP) is 8.54. The van der Waals surface area contributed by atoms with Crippen LogP contribution in [-0.4, -0.2) is 65.3 Å². The SMILES string of the molecule is CCOC(=O)c1c(NC(=O)C(CC)Sc2cccc(NC(=O)/C(=C\c3ccc(OCC)cc3)NC(=O)c3ccccc3)c2)sc2c1CCN(C(=O)OC(C)(C)C)C2. The summed E-state index contributed by atoms with van der Waals surface area (Å²) in [5.74, 6) is -1.14. The van der Waals surface area contributed by atoms with Gasteiger partial charge in [-0.2, -0.15) is 0 Å². The fourth-order valence-corrected chi connectivity index (χ4v) is 8.12. The van der Waals surface area contributed by atoms with Crippen molar-refractivity contribution in [2.45, 2.75) is 76.7 Å². The molecule has 57 heavy (non-hydrogen) atoms. The smallest absolute Gasteiger partial charge is 0.410 e. The molecule has 2 heterocycles. The number of rotatable bonds is 14. The van der Waals surface area contributed by atoms with Crippen molar-refractivity contribution in [3.8, 4) is 5.75 Å². The second kappa shape index (κ2) is 19.5. The molecule has 300 valence electrons. The molecule has 0 radical (unpaired) electrons. The normalized spacial score (nSPS) is 13.2. The average molecular weight is 813 g/mol. The number of hydrogen-bond acceptors (Lipinski definition) is 10. The van der Waals surface area contributed by atoms with Crippen molar-refractivity contribution in [2.75, 3.05) is 30.4 Å². The summed E-state index contributed by atoms with van der Waals surface area (Å²) in [7, 11) is 0. The minimum Gasteiger partial charge on any atom is -0.494 e. The Balaban J connectivity index is 1.32. The zero-order chi connectivity index (χ0) is 41.1. The van der Waals surface area contributed by atoms with Gasteiger partial charge in [0.2, 0.25) is 5.91 Å². The van der Waals surface area contributed by atoms with Crippen LogP contribution in [-0.2, 0) is 32.0 Å². The van der Waals surface area contributed by atoms with Crippen LogP contribution in [0.25, 0.3) is 6.08 Å². The van der Waals surface area contributed by atoms with Crippen LogP contribution in [0.4, 0.5) is 15.5 Å². The Morgan fingerprint density at radius 3 is 2.32 bits per heavy atom. The lowest BCUT2D eigenvalue weighted by molar-refractivity contribution is -0.116. The molecule has 1 unspecified atom stereocenters. The number of carbonyl (C=O) groups excluding carboxylic acids is 5. The molecule has 0 bridgehead atoms. The summed E-state index contributed by atoms with van der Waals surface area (Å²) in [5, 5.41) is 8.44. The summed E-state index contributed by atoms with van der Waals surface area (Å²) < 4.78 is 16.5. The lowest BCUT2D eigenvalue weighted by Gasteiger charge is -2.30. The van der Waals surface area contributed by atoms with E-state index in [1.807, 2.05) is 19.9 Å². The maximum Gasteiger partial charge on any atom is 0.410 e. The summed E-state index contributed by atoms with van der Waals surface area (Å²) in [6, 6.07) is 22.8. The van der Waals surface area contributed by atoms with Crippen LogP contribution in [0.2, 0.25) is 0 Å². The Labute approximate surface area is 341 Å². The zero-order valence-electron chi connectivity index (χ0n) is 32.9. The van der Waals surface area contributed by atoms with Crippen molar-refractivity contribution in [2.24, 2.45) is 0 Å². The van der Waals surface area contributed by atoms with Crippen molar-refractivity contribution in [1.82, 2.24) is 10.2 Å². The Morgan fingerprint density at radius 1 is 0.912 bits per heavy atom. The maximum atomic E-state index is 13.8. The first-order valence-electron chi connectivity index (χ1n) is 18.8. The van der Waals surface area contributed by atoms with Gasteiger partial charge >= 0.3 is 12.1 Å². The van der Waals surface area contributed by atoms with Gasteiger partial charge in [-0.15, -0.1) is 23.1 Å². The third-order valence-electron chi connectivity index (χ3n) is 8.49. The summed E-state index contributed by atoms with van der Waals surface area (Å²) in [4.78, 5) is 69.9. The number of carbonyl (C=O) groups is 5. The van der Waals surface area contributed by atoms with E-state index < -0.39 is 34.7 Å². The van der Waals surface area contributed by atoms with Gasteiger partial charge in [0.1, 0.15) is 22.0 Å². The highest BCUT2D eigenvalue weighted by Crippen LogP contribution is 2.39. The fourth-order valence-electron chi connectivity index (χ4n) is 5.85. The van der Waals surface area contributed by atoms with Crippen LogP contribution in [0, 0.1) is 0 Å². The molecule has 0 fully saturated rings. The van der Waals surface area contributed by atoms with E-state index in [1.165, 1.54) is 23.1 Å². The van der Waals surface area contributed by atoms with Gasteiger partial charge in [0, 0.05) is 27.6 Å². The number of fused-ring (bicyclic) bond motifs is 1. The van der Waals surface area contributed by atoms with E-state index in [0.717, 1.165) is 10.4 Å². The molecular weight excluding hydrogens is 765 g/mol. The van der Waals surface area contributed by atoms with Crippen LogP contribution < -0.4 is 20.7 Å². The summed E-state index contributed by atoms with van der Waals surface area (Å²) in [6.07, 6.45) is 2.01. The molecule has 12 nitrogen and oxygen atoms in total. The monoisotopic (exact) mass is 812 g/mol. The van der Waals surface area contributed by atoms with E-state index in [1.54, 1.807) is 111 Å². The molecular formula is C43H48N4O8S2. The Morgan fingerprint density at radius 2 is 1.65 bits per heavy atom. The van der Waals surface area contributed by atoms with Gasteiger partial charge in [0.15, 0.2) is 0 Å². The number of esters is 1. The van der Waals surface area contributed by atoms with Crippen LogP contribution >= 0.6 is 23.1 Å². The number of ether oxygens (including phenoxy) is 3. The second-order valence-corrected chi connectivity index (χ2v) is 16.3. The first kappa shape index (κ1) is 42.5. The third kappa shape index (κ3) is 11.7. The molecule has 5 rings (SSSR count). The van der Waals surface area contributed by atoms with Crippen LogP contribution in [0.5, 0.6) is 5.75 Å². The third-order valence-corrected chi connectivity index (χ3v) is 11.0. The highest BCUT2D eigenvalue weighted by molar-refractivity contribution is 8.00. The van der Waals surface area contributed by atoms with Gasteiger partial charge in [-0.25, -0.2) is 9.59 Å². The van der Waals surface area contributed by atoms with Gasteiger partial charge in [0.25, 0.3) is 11.8 Å². The van der Waals surface area contributed by atoms with Gasteiger partial charge < -0.3 is 35.1 Å². The van der Waals surface area contributed by atoms with Crippen molar-refractivity contribution >= 4 is 69.6 Å². The number of anilines is 2. The standard InChI is InChI=1S/C43H48N4O8S2/c1-7-34(39(50)46-40-36(41(51)54-9-3)32-22-23-47(26-35(32)57-40)42(52)55-43(4,5)6)56-31-17-13-16-29(25-31)44-38(49)33(45-37(48)28-14-11-10-12-15-28)24-27-18-20-30(21-19-27)53-8-2/h10-21,24-25,34H,7-9,22-23,26H2,1-6H3,(H,44,49)(H,45,48)(H,46,50)/b33-24+. The number of amides is 4. The summed E-state index contributed by atoms with van der Waals surface area (Å²) >= 11 is 2.57. The van der Waals surface area contributed by atoms with Gasteiger partial charge in [-0.3, -0.25) is 14.4 Å². The molecule has 1 aliphatic heterocycles. The molecule has 0 spiro atoms. The van der Waals surface area contributed by atoms with Crippen molar-refractivity contribution in [1.29, 1.82) is 0 Å². The van der Waals surface area contributed by atoms with Gasteiger partial charge in [-0.1, -0.05) is 43.3 Å². The van der Waals surface area contributed by atoms with Crippen LogP contribution in [0.3, 0.4) is 0 Å². The largest absolute Gasteiger partial charge is 0.494 e. The quantitative estimate of drug-likeness (QED) is 0.0646. The van der Waals surface area contributed by atoms with Crippen molar-refractivity contribution in [3.63, 3.8) is 0 Å². The van der Waals surface area contributed by atoms with E-state index in [4.69, 9.17) is 14.2 Å². The van der Waals surface area contributed by atoms with E-state index in [2.05, 4.69) is 16.0 Å². The average Bonchev–Trinajstić information content (AvgIpc) is 3.54. The topological polar surface area (TPSA) is 152 Å². The highest BCUT2D eigenvalue weighted by atomic mass is 32.2. The molecule has 3 N–H and O–H groups in total. The summed E-state index contributed by atoms with van der Waals surface area (Å²) in [6.45, 7) is 12.2. The van der Waals surface area contributed by atoms with E-state index in [0.29, 0.717) is 64.0 Å². The molecule has 1 atom stereocenters. The highest BCUT2D eigenvalue weighted by Gasteiger charge is 2.33. The summed E-state index contributed by atoms with van der Waals surface area (Å²) in [5.41, 5.74) is 1.97. The number of hydrogen-bond donors (Lipinski definition) is 3. The Bertz CT molecular complexity index is 2110. The fraction of sp³-hybridized carbons (Fsp3) is 0.326. The molecule has 0 saturated carbocycles. The minimum absolute atomic E-state index is 0.0298. The van der Waals surface area contributed by atoms with E-state index in [-0.39, 0.29) is 24.8 Å². The molecule has 4 aromatic rings. The molecule has 0 aliphatic carbocycles. The second-order valence-electron chi connectivity index (χ2n) is 13.9. The minimum atomic E-state index is -0.655. The Kier molecular flexibility index (Phi) is 14.6. The molecule has 0 saturated heterocycles. The first-order chi connectivity index (χ1) is 27.3. The maximum absolute atomic E-state index is 13.8. The van der Waals surface area contributed by atoms with Gasteiger partial charge in [0.05, 0.1) is 30.6 Å².